The fourth-order valence-corrected chi connectivity index (χ4v) is 2.61. The lowest BCUT2D eigenvalue weighted by Crippen LogP contribution is -3.00. The highest BCUT2D eigenvalue weighted by Crippen LogP contribution is 2.28. The molecule has 0 atom stereocenters. The molecule has 1 aromatic heterocycles. The fraction of sp³-hybridized carbons (Fsp3) is 0.111. The lowest BCUT2D eigenvalue weighted by atomic mass is 10.1. The number of carboxylic acid groups (broad SMARTS) is 1. The average molecular weight is 329 g/mol. The number of fused-ring (bicyclic) bond motifs is 1. The first-order valence-electron chi connectivity index (χ1n) is 7.08. The van der Waals surface area contributed by atoms with E-state index in [0.29, 0.717) is 5.69 Å². The SMILES string of the molecule is Cc1cc(Nc2ccccc2C(=O)O)c2cccc(C)c2[nH+]1.[Cl-]. The molecule has 0 fully saturated rings. The van der Waals surface area contributed by atoms with Crippen molar-refractivity contribution in [3.8, 4) is 0 Å². The van der Waals surface area contributed by atoms with E-state index in [-0.39, 0.29) is 18.0 Å². The molecule has 0 aliphatic rings. The van der Waals surface area contributed by atoms with Crippen molar-refractivity contribution >= 4 is 28.2 Å². The van der Waals surface area contributed by atoms with E-state index in [1.54, 1.807) is 18.2 Å². The van der Waals surface area contributed by atoms with Crippen LogP contribution in [0, 0.1) is 13.8 Å². The summed E-state index contributed by atoms with van der Waals surface area (Å²) in [6.07, 6.45) is 0. The molecule has 0 radical (unpaired) electrons. The number of anilines is 2. The number of carboxylic acids is 1. The predicted molar refractivity (Wildman–Crippen MR) is 86.7 cm³/mol. The van der Waals surface area contributed by atoms with Gasteiger partial charge < -0.3 is 22.8 Å². The summed E-state index contributed by atoms with van der Waals surface area (Å²) >= 11 is 0. The summed E-state index contributed by atoms with van der Waals surface area (Å²) in [6.45, 7) is 4.04. The van der Waals surface area contributed by atoms with Gasteiger partial charge in [-0.15, -0.1) is 0 Å². The second-order valence-corrected chi connectivity index (χ2v) is 5.34. The van der Waals surface area contributed by atoms with Crippen molar-refractivity contribution in [2.45, 2.75) is 13.8 Å². The van der Waals surface area contributed by atoms with E-state index in [1.807, 2.05) is 44.2 Å². The van der Waals surface area contributed by atoms with E-state index in [2.05, 4.69) is 10.3 Å². The van der Waals surface area contributed by atoms with E-state index < -0.39 is 5.97 Å². The number of pyridine rings is 1. The first-order chi connectivity index (χ1) is 10.6. The maximum atomic E-state index is 11.4. The summed E-state index contributed by atoms with van der Waals surface area (Å²) in [4.78, 5) is 14.7. The molecule has 0 spiro atoms. The van der Waals surface area contributed by atoms with Crippen LogP contribution in [0.25, 0.3) is 10.9 Å². The number of aromatic nitrogens is 1. The van der Waals surface area contributed by atoms with Gasteiger partial charge in [0.25, 0.3) is 0 Å². The molecule has 1 heterocycles. The molecule has 2 aromatic carbocycles. The minimum absolute atomic E-state index is 0. The quantitative estimate of drug-likeness (QED) is 0.744. The third kappa shape index (κ3) is 3.27. The Kier molecular flexibility index (Phi) is 4.86. The van der Waals surface area contributed by atoms with Crippen LogP contribution in [0.5, 0.6) is 0 Å². The van der Waals surface area contributed by atoms with Crippen LogP contribution in [-0.2, 0) is 0 Å². The van der Waals surface area contributed by atoms with Gasteiger partial charge in [0.1, 0.15) is 0 Å². The molecule has 3 aromatic rings. The number of H-pyrrole nitrogens is 1. The van der Waals surface area contributed by atoms with Crippen molar-refractivity contribution in [1.82, 2.24) is 0 Å². The van der Waals surface area contributed by atoms with E-state index in [1.165, 1.54) is 0 Å². The second-order valence-electron chi connectivity index (χ2n) is 5.34. The molecular weight excluding hydrogens is 312 g/mol. The Morgan fingerprint density at radius 3 is 2.52 bits per heavy atom. The van der Waals surface area contributed by atoms with Crippen molar-refractivity contribution in [2.75, 3.05) is 5.32 Å². The van der Waals surface area contributed by atoms with E-state index in [9.17, 15) is 9.90 Å². The Labute approximate surface area is 140 Å². The van der Waals surface area contributed by atoms with Gasteiger partial charge in [-0.3, -0.25) is 0 Å². The van der Waals surface area contributed by atoms with Crippen LogP contribution in [0.1, 0.15) is 21.6 Å². The van der Waals surface area contributed by atoms with Crippen LogP contribution < -0.4 is 22.7 Å². The number of nitrogens with one attached hydrogen (secondary N) is 2. The zero-order chi connectivity index (χ0) is 15.7. The first kappa shape index (κ1) is 16.8. The normalized spacial score (nSPS) is 10.2. The average Bonchev–Trinajstić information content (AvgIpc) is 2.49. The van der Waals surface area contributed by atoms with Crippen molar-refractivity contribution in [3.63, 3.8) is 0 Å². The molecule has 4 nitrogen and oxygen atoms in total. The standard InChI is InChI=1S/C18H16N2O2.ClH/c1-11-6-5-8-13-16(10-12(2)19-17(11)13)20-15-9-4-3-7-14(15)18(21)22;/h3-10H,1-2H3,(H,19,20)(H,21,22);1H. The van der Waals surface area contributed by atoms with E-state index >= 15 is 0 Å². The molecule has 0 aliphatic carbocycles. The molecule has 118 valence electrons. The summed E-state index contributed by atoms with van der Waals surface area (Å²) in [5.41, 5.74) is 4.95. The number of hydrogen-bond donors (Lipinski definition) is 2. The van der Waals surface area contributed by atoms with Gasteiger partial charge in [-0.25, -0.2) is 9.78 Å². The largest absolute Gasteiger partial charge is 1.00 e. The van der Waals surface area contributed by atoms with Crippen molar-refractivity contribution in [2.24, 2.45) is 0 Å². The van der Waals surface area contributed by atoms with Gasteiger partial charge in [0.15, 0.2) is 5.69 Å². The van der Waals surface area contributed by atoms with Gasteiger partial charge in [-0.1, -0.05) is 24.3 Å². The van der Waals surface area contributed by atoms with Crippen molar-refractivity contribution < 1.29 is 27.3 Å². The Morgan fingerprint density at radius 2 is 1.78 bits per heavy atom. The summed E-state index contributed by atoms with van der Waals surface area (Å²) in [7, 11) is 0. The first-order valence-corrected chi connectivity index (χ1v) is 7.08. The minimum atomic E-state index is -0.942. The van der Waals surface area contributed by atoms with Gasteiger partial charge in [0.2, 0.25) is 5.52 Å². The molecule has 0 aliphatic heterocycles. The van der Waals surface area contributed by atoms with Crippen LogP contribution in [0.4, 0.5) is 11.4 Å². The molecule has 0 bridgehead atoms. The van der Waals surface area contributed by atoms with E-state index in [4.69, 9.17) is 0 Å². The molecular formula is C18H17ClN2O2. The topological polar surface area (TPSA) is 63.5 Å². The molecule has 0 saturated heterocycles. The lowest BCUT2D eigenvalue weighted by Gasteiger charge is -2.11. The Balaban J connectivity index is 0.00000192. The van der Waals surface area contributed by atoms with Gasteiger partial charge in [-0.05, 0) is 25.1 Å². The molecule has 0 saturated carbocycles. The third-order valence-corrected chi connectivity index (χ3v) is 3.67. The third-order valence-electron chi connectivity index (χ3n) is 3.67. The lowest BCUT2D eigenvalue weighted by molar-refractivity contribution is -0.354. The Bertz CT molecular complexity index is 878. The number of aromatic carboxylic acids is 1. The van der Waals surface area contributed by atoms with Gasteiger partial charge >= 0.3 is 5.97 Å². The summed E-state index contributed by atoms with van der Waals surface area (Å²) in [5.74, 6) is -0.942. The smallest absolute Gasteiger partial charge is 0.337 e. The summed E-state index contributed by atoms with van der Waals surface area (Å²) in [6, 6.07) is 15.0. The van der Waals surface area contributed by atoms with E-state index in [0.717, 1.165) is 27.8 Å². The number of benzene rings is 2. The van der Waals surface area contributed by atoms with Gasteiger partial charge in [-0.2, -0.15) is 0 Å². The van der Waals surface area contributed by atoms with Crippen LogP contribution in [-0.4, -0.2) is 11.1 Å². The number of aromatic amines is 1. The Hall–Kier alpha value is -2.59. The van der Waals surface area contributed by atoms with Crippen LogP contribution in [0.3, 0.4) is 0 Å². The van der Waals surface area contributed by atoms with Crippen LogP contribution in [0.2, 0.25) is 0 Å². The zero-order valence-electron chi connectivity index (χ0n) is 12.9. The number of carbonyl (C=O) groups is 1. The highest BCUT2D eigenvalue weighted by Gasteiger charge is 2.14. The Morgan fingerprint density at radius 1 is 1.04 bits per heavy atom. The van der Waals surface area contributed by atoms with Crippen molar-refractivity contribution in [1.29, 1.82) is 0 Å². The maximum absolute atomic E-state index is 11.4. The highest BCUT2D eigenvalue weighted by atomic mass is 35.5. The van der Waals surface area contributed by atoms with Crippen LogP contribution >= 0.6 is 0 Å². The minimum Gasteiger partial charge on any atom is -1.00 e. The highest BCUT2D eigenvalue weighted by molar-refractivity contribution is 5.98. The number of rotatable bonds is 3. The molecule has 0 unspecified atom stereocenters. The number of aryl methyl sites for hydroxylation is 2. The second kappa shape index (κ2) is 6.67. The molecule has 0 amide bonds. The monoisotopic (exact) mass is 328 g/mol. The maximum Gasteiger partial charge on any atom is 0.337 e. The zero-order valence-corrected chi connectivity index (χ0v) is 13.6. The molecule has 23 heavy (non-hydrogen) atoms. The van der Waals surface area contributed by atoms with Gasteiger partial charge in [0.05, 0.1) is 22.3 Å². The molecule has 3 rings (SSSR count). The summed E-state index contributed by atoms with van der Waals surface area (Å²) in [5, 5.41) is 13.6. The number of hydrogen-bond acceptors (Lipinski definition) is 2. The van der Waals surface area contributed by atoms with Gasteiger partial charge in [0, 0.05) is 18.6 Å². The number of halogens is 1. The fourth-order valence-electron chi connectivity index (χ4n) is 2.61. The summed E-state index contributed by atoms with van der Waals surface area (Å²) < 4.78 is 0. The number of para-hydroxylation sites is 2. The molecule has 3 N–H and O–H groups in total. The van der Waals surface area contributed by atoms with Crippen LogP contribution in [0.15, 0.2) is 48.5 Å². The molecule has 5 heteroatoms. The predicted octanol–water partition coefficient (Wildman–Crippen LogP) is 0.717. The van der Waals surface area contributed by atoms with Crippen molar-refractivity contribution in [3.05, 3.63) is 65.4 Å².